The lowest BCUT2D eigenvalue weighted by atomic mass is 10.2. The minimum atomic E-state index is 0.580. The van der Waals surface area contributed by atoms with E-state index >= 15 is 0 Å². The van der Waals surface area contributed by atoms with Crippen LogP contribution in [0.1, 0.15) is 11.7 Å². The average molecular weight is 373 g/mol. The molecule has 1 aliphatic rings. The van der Waals surface area contributed by atoms with Gasteiger partial charge in [0.05, 0.1) is 13.1 Å². The molecule has 0 N–H and O–H groups in total. The van der Waals surface area contributed by atoms with Crippen LogP contribution in [-0.2, 0) is 20.1 Å². The van der Waals surface area contributed by atoms with Crippen LogP contribution in [0.3, 0.4) is 0 Å². The van der Waals surface area contributed by atoms with Crippen molar-refractivity contribution in [2.45, 2.75) is 13.1 Å². The van der Waals surface area contributed by atoms with E-state index in [-0.39, 0.29) is 0 Å². The molecule has 0 atom stereocenters. The lowest BCUT2D eigenvalue weighted by molar-refractivity contribution is 0.109. The number of aromatic nitrogens is 4. The molecule has 0 radical (unpaired) electrons. The fourth-order valence-corrected chi connectivity index (χ4v) is 3.30. The number of aryl methyl sites for hydroxylation is 1. The molecule has 3 heterocycles. The molecule has 136 valence electrons. The van der Waals surface area contributed by atoms with Gasteiger partial charge in [-0.25, -0.2) is 4.98 Å². The van der Waals surface area contributed by atoms with Crippen molar-refractivity contribution in [2.24, 2.45) is 7.05 Å². The summed E-state index contributed by atoms with van der Waals surface area (Å²) in [5, 5.41) is 4.74. The first-order valence-electron chi connectivity index (χ1n) is 8.67. The summed E-state index contributed by atoms with van der Waals surface area (Å²) in [6.07, 6.45) is 3.83. The van der Waals surface area contributed by atoms with Crippen LogP contribution in [0.4, 0.5) is 0 Å². The van der Waals surface area contributed by atoms with Gasteiger partial charge in [0.15, 0.2) is 0 Å². The van der Waals surface area contributed by atoms with Crippen molar-refractivity contribution in [1.29, 1.82) is 0 Å². The van der Waals surface area contributed by atoms with Crippen molar-refractivity contribution in [2.75, 3.05) is 26.2 Å². The van der Waals surface area contributed by atoms with Crippen LogP contribution in [0.25, 0.3) is 11.4 Å². The van der Waals surface area contributed by atoms with E-state index in [1.165, 1.54) is 0 Å². The fraction of sp³-hybridized carbons (Fsp3) is 0.389. The van der Waals surface area contributed by atoms with Gasteiger partial charge in [-0.3, -0.25) is 9.80 Å². The summed E-state index contributed by atoms with van der Waals surface area (Å²) in [6.45, 7) is 5.50. The van der Waals surface area contributed by atoms with E-state index < -0.39 is 0 Å². The number of rotatable bonds is 5. The second-order valence-corrected chi connectivity index (χ2v) is 6.97. The number of hydrogen-bond acceptors (Lipinski definition) is 6. The summed E-state index contributed by atoms with van der Waals surface area (Å²) in [6, 6.07) is 7.48. The number of hydrogen-bond donors (Lipinski definition) is 0. The van der Waals surface area contributed by atoms with Gasteiger partial charge < -0.3 is 9.09 Å². The number of imidazole rings is 1. The monoisotopic (exact) mass is 372 g/mol. The number of halogens is 1. The topological polar surface area (TPSA) is 63.2 Å². The third-order valence-electron chi connectivity index (χ3n) is 4.66. The van der Waals surface area contributed by atoms with Gasteiger partial charge in [0, 0.05) is 56.2 Å². The van der Waals surface area contributed by atoms with Crippen molar-refractivity contribution in [3.63, 3.8) is 0 Å². The van der Waals surface area contributed by atoms with Crippen LogP contribution in [0, 0.1) is 0 Å². The Morgan fingerprint density at radius 3 is 2.58 bits per heavy atom. The Balaban J connectivity index is 1.31. The summed E-state index contributed by atoms with van der Waals surface area (Å²) >= 11 is 6.03. The molecule has 0 saturated carbocycles. The van der Waals surface area contributed by atoms with Crippen LogP contribution in [-0.4, -0.2) is 55.7 Å². The largest absolute Gasteiger partial charge is 0.338 e. The molecule has 8 heteroatoms. The lowest BCUT2D eigenvalue weighted by Gasteiger charge is -2.33. The summed E-state index contributed by atoms with van der Waals surface area (Å²) in [5.41, 5.74) is 0.868. The minimum Gasteiger partial charge on any atom is -0.338 e. The molecule has 0 amide bonds. The molecule has 1 saturated heterocycles. The molecule has 1 fully saturated rings. The standard InChI is InChI=1S/C18H21ClN6O/c1-23-6-5-20-16(23)12-24-7-9-25(10-8-24)13-17-21-18(22-26-17)14-3-2-4-15(19)11-14/h2-6,11H,7-10,12-13H2,1H3. The normalized spacial score (nSPS) is 16.2. The molecule has 0 bridgehead atoms. The Morgan fingerprint density at radius 2 is 1.88 bits per heavy atom. The molecular weight excluding hydrogens is 352 g/mol. The van der Waals surface area contributed by atoms with Gasteiger partial charge in [-0.2, -0.15) is 4.98 Å². The van der Waals surface area contributed by atoms with Gasteiger partial charge in [0.2, 0.25) is 11.7 Å². The molecule has 0 unspecified atom stereocenters. The predicted octanol–water partition coefficient (Wildman–Crippen LogP) is 2.44. The molecule has 1 aromatic carbocycles. The minimum absolute atomic E-state index is 0.580. The molecule has 0 aliphatic carbocycles. The molecular formula is C18H21ClN6O. The zero-order chi connectivity index (χ0) is 17.9. The van der Waals surface area contributed by atoms with E-state index in [2.05, 4.69) is 29.5 Å². The highest BCUT2D eigenvalue weighted by atomic mass is 35.5. The van der Waals surface area contributed by atoms with Crippen molar-refractivity contribution in [3.8, 4) is 11.4 Å². The second-order valence-electron chi connectivity index (χ2n) is 6.53. The fourth-order valence-electron chi connectivity index (χ4n) is 3.11. The van der Waals surface area contributed by atoms with Crippen molar-refractivity contribution >= 4 is 11.6 Å². The highest BCUT2D eigenvalue weighted by molar-refractivity contribution is 6.30. The third kappa shape index (κ3) is 3.95. The zero-order valence-electron chi connectivity index (χ0n) is 14.7. The van der Waals surface area contributed by atoms with E-state index in [0.717, 1.165) is 44.1 Å². The average Bonchev–Trinajstić information content (AvgIpc) is 3.26. The van der Waals surface area contributed by atoms with Crippen LogP contribution >= 0.6 is 11.6 Å². The highest BCUT2D eigenvalue weighted by Gasteiger charge is 2.20. The highest BCUT2D eigenvalue weighted by Crippen LogP contribution is 2.20. The van der Waals surface area contributed by atoms with Gasteiger partial charge >= 0.3 is 0 Å². The second kappa shape index (κ2) is 7.57. The Bertz CT molecular complexity index is 868. The van der Waals surface area contributed by atoms with Gasteiger partial charge in [-0.1, -0.05) is 28.9 Å². The van der Waals surface area contributed by atoms with Gasteiger partial charge in [-0.05, 0) is 12.1 Å². The molecule has 1 aliphatic heterocycles. The summed E-state index contributed by atoms with van der Waals surface area (Å²) in [7, 11) is 2.03. The maximum absolute atomic E-state index is 6.03. The Hall–Kier alpha value is -2.22. The molecule has 7 nitrogen and oxygen atoms in total. The third-order valence-corrected chi connectivity index (χ3v) is 4.90. The summed E-state index contributed by atoms with van der Waals surface area (Å²) < 4.78 is 7.49. The van der Waals surface area contributed by atoms with E-state index in [1.54, 1.807) is 0 Å². The van der Waals surface area contributed by atoms with Gasteiger partial charge in [-0.15, -0.1) is 0 Å². The quantitative estimate of drug-likeness (QED) is 0.685. The van der Waals surface area contributed by atoms with Crippen molar-refractivity contribution in [3.05, 3.63) is 53.4 Å². The van der Waals surface area contributed by atoms with Crippen molar-refractivity contribution < 1.29 is 4.52 Å². The van der Waals surface area contributed by atoms with Crippen molar-refractivity contribution in [1.82, 2.24) is 29.5 Å². The number of benzene rings is 1. The number of nitrogens with zero attached hydrogens (tertiary/aromatic N) is 6. The Kier molecular flexibility index (Phi) is 5.01. The first-order valence-corrected chi connectivity index (χ1v) is 9.04. The van der Waals surface area contributed by atoms with Gasteiger partial charge in [0.25, 0.3) is 0 Å². The maximum atomic E-state index is 6.03. The van der Waals surface area contributed by atoms with Crippen LogP contribution < -0.4 is 0 Å². The lowest BCUT2D eigenvalue weighted by Crippen LogP contribution is -2.45. The molecule has 4 rings (SSSR count). The van der Waals surface area contributed by atoms with E-state index in [9.17, 15) is 0 Å². The molecule has 3 aromatic rings. The summed E-state index contributed by atoms with van der Waals surface area (Å²) in [4.78, 5) is 13.7. The van der Waals surface area contributed by atoms with Crippen LogP contribution in [0.5, 0.6) is 0 Å². The van der Waals surface area contributed by atoms with Gasteiger partial charge in [0.1, 0.15) is 5.82 Å². The molecule has 26 heavy (non-hydrogen) atoms. The van der Waals surface area contributed by atoms with Crippen LogP contribution in [0.15, 0.2) is 41.2 Å². The van der Waals surface area contributed by atoms with E-state index in [4.69, 9.17) is 16.1 Å². The first kappa shape index (κ1) is 17.2. The van der Waals surface area contributed by atoms with E-state index in [0.29, 0.717) is 23.3 Å². The number of piperazine rings is 1. The van der Waals surface area contributed by atoms with E-state index in [1.807, 2.05) is 43.7 Å². The zero-order valence-corrected chi connectivity index (χ0v) is 15.4. The first-order chi connectivity index (χ1) is 12.7. The molecule has 0 spiro atoms. The summed E-state index contributed by atoms with van der Waals surface area (Å²) in [5.74, 6) is 2.31. The maximum Gasteiger partial charge on any atom is 0.241 e. The molecule has 2 aromatic heterocycles. The Labute approximate surface area is 157 Å². The van der Waals surface area contributed by atoms with Crippen LogP contribution in [0.2, 0.25) is 5.02 Å². The smallest absolute Gasteiger partial charge is 0.241 e. The predicted molar refractivity (Wildman–Crippen MR) is 98.5 cm³/mol. The SMILES string of the molecule is Cn1ccnc1CN1CCN(Cc2nc(-c3cccc(Cl)c3)no2)CC1. The Morgan fingerprint density at radius 1 is 1.12 bits per heavy atom.